The van der Waals surface area contributed by atoms with Crippen LogP contribution in [0.2, 0.25) is 0 Å². The molecule has 84 valence electrons. The van der Waals surface area contributed by atoms with Crippen LogP contribution in [-0.4, -0.2) is 18.3 Å². The summed E-state index contributed by atoms with van der Waals surface area (Å²) in [7, 11) is 0. The third-order valence-corrected chi connectivity index (χ3v) is 1.19. The Balaban J connectivity index is 4.54. The number of hydrogen-bond acceptors (Lipinski definition) is 0. The van der Waals surface area contributed by atoms with Crippen molar-refractivity contribution in [3.8, 4) is 0 Å². The molecule has 0 saturated carbocycles. The van der Waals surface area contributed by atoms with Gasteiger partial charge in [-0.25, -0.2) is 13.2 Å². The highest BCUT2D eigenvalue weighted by Gasteiger charge is 2.56. The topological polar surface area (TPSA) is 0 Å². The standard InChI is InChI=1S/C6H4F8/c7-3(8)1-2-5(10,11)4(9)6(12,13)14/h1,4H,2H2. The smallest absolute Gasteiger partial charge is 0.231 e. The molecule has 0 saturated heterocycles. The minimum atomic E-state index is -5.76. The van der Waals surface area contributed by atoms with Crippen molar-refractivity contribution in [2.75, 3.05) is 0 Å². The summed E-state index contributed by atoms with van der Waals surface area (Å²) in [6.45, 7) is 0. The number of halogens is 8. The molecule has 0 aromatic carbocycles. The predicted octanol–water partition coefficient (Wildman–Crippen LogP) is 3.69. The molecule has 0 aliphatic carbocycles. The number of alkyl halides is 6. The summed E-state index contributed by atoms with van der Waals surface area (Å²) in [6.07, 6.45) is -15.2. The van der Waals surface area contributed by atoms with Crippen LogP contribution < -0.4 is 0 Å². The third-order valence-electron chi connectivity index (χ3n) is 1.19. The predicted molar refractivity (Wildman–Crippen MR) is 30.8 cm³/mol. The number of allylic oxidation sites excluding steroid dienone is 1. The van der Waals surface area contributed by atoms with Crippen molar-refractivity contribution in [3.05, 3.63) is 12.2 Å². The van der Waals surface area contributed by atoms with Crippen molar-refractivity contribution in [2.45, 2.75) is 24.7 Å². The summed E-state index contributed by atoms with van der Waals surface area (Å²) in [6, 6.07) is 0. The van der Waals surface area contributed by atoms with Gasteiger partial charge in [-0.3, -0.25) is 0 Å². The van der Waals surface area contributed by atoms with Gasteiger partial charge in [-0.15, -0.1) is 0 Å². The average Bonchev–Trinajstić information content (AvgIpc) is 1.98. The monoisotopic (exact) mass is 228 g/mol. The summed E-state index contributed by atoms with van der Waals surface area (Å²) in [4.78, 5) is 0. The van der Waals surface area contributed by atoms with E-state index in [1.807, 2.05) is 0 Å². The molecular weight excluding hydrogens is 224 g/mol. The lowest BCUT2D eigenvalue weighted by atomic mass is 10.1. The first-order valence-corrected chi connectivity index (χ1v) is 3.17. The zero-order valence-corrected chi connectivity index (χ0v) is 6.39. The van der Waals surface area contributed by atoms with Crippen LogP contribution in [0.1, 0.15) is 6.42 Å². The first kappa shape index (κ1) is 13.2. The van der Waals surface area contributed by atoms with Crippen molar-refractivity contribution >= 4 is 0 Å². The lowest BCUT2D eigenvalue weighted by Crippen LogP contribution is -2.41. The van der Waals surface area contributed by atoms with Gasteiger partial charge in [0.2, 0.25) is 0 Å². The second kappa shape index (κ2) is 4.14. The Hall–Kier alpha value is -0.820. The van der Waals surface area contributed by atoms with Crippen LogP contribution >= 0.6 is 0 Å². The van der Waals surface area contributed by atoms with Gasteiger partial charge in [0.05, 0.1) is 0 Å². The van der Waals surface area contributed by atoms with Crippen molar-refractivity contribution in [1.82, 2.24) is 0 Å². The van der Waals surface area contributed by atoms with Gasteiger partial charge in [-0.1, -0.05) is 0 Å². The molecule has 0 aromatic rings. The molecular formula is C6H4F8. The van der Waals surface area contributed by atoms with Crippen LogP contribution in [0.4, 0.5) is 35.1 Å². The lowest BCUT2D eigenvalue weighted by Gasteiger charge is -2.20. The van der Waals surface area contributed by atoms with E-state index in [2.05, 4.69) is 0 Å². The molecule has 0 bridgehead atoms. The molecule has 14 heavy (non-hydrogen) atoms. The van der Waals surface area contributed by atoms with E-state index in [1.165, 1.54) is 0 Å². The molecule has 0 aliphatic rings. The molecule has 8 heteroatoms. The Morgan fingerprint density at radius 1 is 1.07 bits per heavy atom. The Bertz CT molecular complexity index is 210. The van der Waals surface area contributed by atoms with Gasteiger partial charge in [-0.05, 0) is 6.08 Å². The number of rotatable bonds is 3. The maximum absolute atomic E-state index is 12.2. The summed E-state index contributed by atoms with van der Waals surface area (Å²) >= 11 is 0. The van der Waals surface area contributed by atoms with E-state index in [0.717, 1.165) is 0 Å². The maximum Gasteiger partial charge on any atom is 0.425 e. The van der Waals surface area contributed by atoms with Crippen LogP contribution in [0, 0.1) is 0 Å². The van der Waals surface area contributed by atoms with Gasteiger partial charge < -0.3 is 0 Å². The summed E-state index contributed by atoms with van der Waals surface area (Å²) in [5, 5.41) is 0. The SMILES string of the molecule is FC(F)=CCC(F)(F)C(F)C(F)(F)F. The van der Waals surface area contributed by atoms with E-state index in [9.17, 15) is 35.1 Å². The lowest BCUT2D eigenvalue weighted by molar-refractivity contribution is -0.243. The van der Waals surface area contributed by atoms with Gasteiger partial charge in [0, 0.05) is 6.42 Å². The van der Waals surface area contributed by atoms with Gasteiger partial charge in [0.25, 0.3) is 18.2 Å². The fourth-order valence-corrected chi connectivity index (χ4v) is 0.556. The van der Waals surface area contributed by atoms with E-state index >= 15 is 0 Å². The van der Waals surface area contributed by atoms with E-state index in [0.29, 0.717) is 0 Å². The van der Waals surface area contributed by atoms with Crippen LogP contribution in [0.5, 0.6) is 0 Å². The van der Waals surface area contributed by atoms with E-state index in [-0.39, 0.29) is 0 Å². The molecule has 1 atom stereocenters. The molecule has 0 aromatic heterocycles. The molecule has 0 nitrogen and oxygen atoms in total. The van der Waals surface area contributed by atoms with Gasteiger partial charge in [0.1, 0.15) is 0 Å². The number of hydrogen-bond donors (Lipinski definition) is 0. The molecule has 0 amide bonds. The minimum Gasteiger partial charge on any atom is -0.231 e. The second-order valence-corrected chi connectivity index (χ2v) is 2.36. The summed E-state index contributed by atoms with van der Waals surface area (Å²) in [5.74, 6) is -4.87. The van der Waals surface area contributed by atoms with Gasteiger partial charge in [-0.2, -0.15) is 22.0 Å². The highest BCUT2D eigenvalue weighted by Crippen LogP contribution is 2.37. The van der Waals surface area contributed by atoms with Crippen LogP contribution in [-0.2, 0) is 0 Å². The Morgan fingerprint density at radius 3 is 1.79 bits per heavy atom. The highest BCUT2D eigenvalue weighted by molar-refractivity contribution is 4.92. The minimum absolute atomic E-state index is 0.460. The van der Waals surface area contributed by atoms with Crippen molar-refractivity contribution in [3.63, 3.8) is 0 Å². The molecule has 1 unspecified atom stereocenters. The molecule has 0 rings (SSSR count). The van der Waals surface area contributed by atoms with Crippen LogP contribution in [0.3, 0.4) is 0 Å². The molecule has 0 spiro atoms. The second-order valence-electron chi connectivity index (χ2n) is 2.36. The van der Waals surface area contributed by atoms with Crippen molar-refractivity contribution in [2.24, 2.45) is 0 Å². The first-order valence-electron chi connectivity index (χ1n) is 3.17. The molecule has 0 heterocycles. The van der Waals surface area contributed by atoms with Gasteiger partial charge in [0.15, 0.2) is 0 Å². The average molecular weight is 228 g/mol. The van der Waals surface area contributed by atoms with Crippen LogP contribution in [0.15, 0.2) is 12.2 Å². The Morgan fingerprint density at radius 2 is 1.50 bits per heavy atom. The normalized spacial score (nSPS) is 15.1. The molecule has 0 fully saturated rings. The molecule has 0 aliphatic heterocycles. The van der Waals surface area contributed by atoms with Crippen LogP contribution in [0.25, 0.3) is 0 Å². The first-order chi connectivity index (χ1) is 6.07. The Kier molecular flexibility index (Phi) is 3.90. The van der Waals surface area contributed by atoms with E-state index in [4.69, 9.17) is 0 Å². The van der Waals surface area contributed by atoms with Gasteiger partial charge >= 0.3 is 6.18 Å². The Labute approximate surface area is 73.2 Å². The highest BCUT2D eigenvalue weighted by atomic mass is 19.4. The summed E-state index contributed by atoms with van der Waals surface area (Å²) in [5.41, 5.74) is 0. The van der Waals surface area contributed by atoms with Crippen molar-refractivity contribution in [1.29, 1.82) is 0 Å². The van der Waals surface area contributed by atoms with E-state index < -0.39 is 36.8 Å². The zero-order chi connectivity index (χ0) is 11.6. The molecule has 0 N–H and O–H groups in total. The fourth-order valence-electron chi connectivity index (χ4n) is 0.556. The third kappa shape index (κ3) is 3.93. The van der Waals surface area contributed by atoms with Crippen molar-refractivity contribution < 1.29 is 35.1 Å². The zero-order valence-electron chi connectivity index (χ0n) is 6.39. The molecule has 0 radical (unpaired) electrons. The fraction of sp³-hybridized carbons (Fsp3) is 0.667. The van der Waals surface area contributed by atoms with E-state index in [1.54, 1.807) is 0 Å². The maximum atomic E-state index is 12.2. The largest absolute Gasteiger partial charge is 0.425 e. The summed E-state index contributed by atoms with van der Waals surface area (Å²) < 4.78 is 93.1. The quantitative estimate of drug-likeness (QED) is 0.646.